The van der Waals surface area contributed by atoms with Gasteiger partial charge in [0.05, 0.1) is 0 Å². The highest BCUT2D eigenvalue weighted by Gasteiger charge is 2.16. The van der Waals surface area contributed by atoms with Gasteiger partial charge in [0.15, 0.2) is 0 Å². The molecule has 1 aromatic carbocycles. The second-order valence-corrected chi connectivity index (χ2v) is 5.97. The molecule has 1 aromatic rings. The van der Waals surface area contributed by atoms with Crippen LogP contribution in [-0.4, -0.2) is 28.4 Å². The number of hydrogen-bond donors (Lipinski definition) is 1. The average molecular weight is 389 g/mol. The molecule has 0 aromatic heterocycles. The maximum absolute atomic E-state index is 12.1. The summed E-state index contributed by atoms with van der Waals surface area (Å²) in [4.78, 5) is 24.4. The van der Waals surface area contributed by atoms with Crippen molar-refractivity contribution in [2.45, 2.75) is 39.2 Å². The van der Waals surface area contributed by atoms with Crippen LogP contribution in [0.4, 0.5) is 0 Å². The van der Waals surface area contributed by atoms with E-state index in [9.17, 15) is 9.59 Å². The van der Waals surface area contributed by atoms with E-state index in [4.69, 9.17) is 5.11 Å². The summed E-state index contributed by atoms with van der Waals surface area (Å²) in [6.45, 7) is 2.19. The molecule has 0 aliphatic heterocycles. The van der Waals surface area contributed by atoms with Crippen molar-refractivity contribution in [3.8, 4) is 0 Å². The smallest absolute Gasteiger partial charge is 0.323 e. The Morgan fingerprint density at radius 2 is 1.85 bits per heavy atom. The molecule has 0 heterocycles. The molecule has 0 saturated carbocycles. The standard InChI is InChI=1S/C15H20INO3/c1-2-3-4-5-14(18)17(11-15(19)20)10-12-6-8-13(16)9-7-12/h6-9H,2-5,10-11H2,1H3,(H,19,20). The van der Waals surface area contributed by atoms with Crippen LogP contribution in [-0.2, 0) is 16.1 Å². The normalized spacial score (nSPS) is 10.3. The Morgan fingerprint density at radius 1 is 1.20 bits per heavy atom. The minimum atomic E-state index is -0.973. The largest absolute Gasteiger partial charge is 0.480 e. The number of nitrogens with zero attached hydrogens (tertiary/aromatic N) is 1. The molecular formula is C15H20INO3. The molecule has 4 nitrogen and oxygen atoms in total. The van der Waals surface area contributed by atoms with Crippen molar-refractivity contribution in [3.05, 3.63) is 33.4 Å². The van der Waals surface area contributed by atoms with E-state index >= 15 is 0 Å². The fourth-order valence-corrected chi connectivity index (χ4v) is 2.25. The molecule has 0 radical (unpaired) electrons. The van der Waals surface area contributed by atoms with E-state index in [0.717, 1.165) is 28.4 Å². The van der Waals surface area contributed by atoms with Crippen molar-refractivity contribution in [1.82, 2.24) is 4.90 Å². The molecule has 0 fully saturated rings. The van der Waals surface area contributed by atoms with E-state index in [1.807, 2.05) is 24.3 Å². The summed E-state index contributed by atoms with van der Waals surface area (Å²) in [5.74, 6) is -1.06. The number of rotatable bonds is 8. The van der Waals surface area contributed by atoms with Gasteiger partial charge in [-0.3, -0.25) is 9.59 Å². The van der Waals surface area contributed by atoms with Gasteiger partial charge in [-0.05, 0) is 46.7 Å². The summed E-state index contributed by atoms with van der Waals surface area (Å²) in [6, 6.07) is 7.76. The van der Waals surface area contributed by atoms with Gasteiger partial charge in [0, 0.05) is 16.5 Å². The molecule has 1 N–H and O–H groups in total. The fraction of sp³-hybridized carbons (Fsp3) is 0.467. The molecule has 0 aliphatic rings. The third-order valence-corrected chi connectivity index (χ3v) is 3.68. The monoisotopic (exact) mass is 389 g/mol. The van der Waals surface area contributed by atoms with Gasteiger partial charge in [-0.1, -0.05) is 31.9 Å². The molecule has 0 saturated heterocycles. The first kappa shape index (κ1) is 16.9. The number of carbonyl (C=O) groups excluding carboxylic acids is 1. The zero-order valence-corrected chi connectivity index (χ0v) is 13.8. The van der Waals surface area contributed by atoms with Crippen molar-refractivity contribution in [2.75, 3.05) is 6.54 Å². The Hall–Kier alpha value is -1.11. The lowest BCUT2D eigenvalue weighted by molar-refractivity contribution is -0.145. The van der Waals surface area contributed by atoms with Crippen LogP contribution in [0.5, 0.6) is 0 Å². The van der Waals surface area contributed by atoms with Crippen LogP contribution in [0.1, 0.15) is 38.2 Å². The maximum Gasteiger partial charge on any atom is 0.323 e. The third-order valence-electron chi connectivity index (χ3n) is 2.96. The molecule has 0 atom stereocenters. The summed E-state index contributed by atoms with van der Waals surface area (Å²) in [7, 11) is 0. The zero-order valence-electron chi connectivity index (χ0n) is 11.6. The lowest BCUT2D eigenvalue weighted by Crippen LogP contribution is -2.35. The second kappa shape index (κ2) is 8.94. The summed E-state index contributed by atoms with van der Waals surface area (Å²) in [6.07, 6.45) is 3.28. The number of hydrogen-bond acceptors (Lipinski definition) is 2. The van der Waals surface area contributed by atoms with E-state index in [0.29, 0.717) is 13.0 Å². The Balaban J connectivity index is 2.65. The number of benzene rings is 1. The topological polar surface area (TPSA) is 57.6 Å². The second-order valence-electron chi connectivity index (χ2n) is 4.73. The van der Waals surface area contributed by atoms with Gasteiger partial charge in [-0.25, -0.2) is 0 Å². The minimum Gasteiger partial charge on any atom is -0.480 e. The lowest BCUT2D eigenvalue weighted by atomic mass is 10.1. The van der Waals surface area contributed by atoms with Gasteiger partial charge in [0.2, 0.25) is 5.91 Å². The van der Waals surface area contributed by atoms with Gasteiger partial charge >= 0.3 is 5.97 Å². The van der Waals surface area contributed by atoms with Gasteiger partial charge < -0.3 is 10.0 Å². The number of aliphatic carboxylic acids is 1. The van der Waals surface area contributed by atoms with Crippen molar-refractivity contribution < 1.29 is 14.7 Å². The molecule has 0 spiro atoms. The number of amides is 1. The highest BCUT2D eigenvalue weighted by molar-refractivity contribution is 14.1. The quantitative estimate of drug-likeness (QED) is 0.549. The number of carbonyl (C=O) groups is 2. The number of unbranched alkanes of at least 4 members (excludes halogenated alkanes) is 2. The van der Waals surface area contributed by atoms with Crippen LogP contribution in [0.2, 0.25) is 0 Å². The van der Waals surface area contributed by atoms with Crippen molar-refractivity contribution in [1.29, 1.82) is 0 Å². The van der Waals surface area contributed by atoms with E-state index in [1.165, 1.54) is 4.90 Å². The van der Waals surface area contributed by atoms with Crippen LogP contribution in [0.15, 0.2) is 24.3 Å². The molecule has 20 heavy (non-hydrogen) atoms. The van der Waals surface area contributed by atoms with Crippen molar-refractivity contribution in [3.63, 3.8) is 0 Å². The Labute approximate surface area is 133 Å². The average Bonchev–Trinajstić information content (AvgIpc) is 2.40. The molecule has 5 heteroatoms. The van der Waals surface area contributed by atoms with Crippen LogP contribution in [0.25, 0.3) is 0 Å². The first-order valence-electron chi connectivity index (χ1n) is 6.77. The van der Waals surface area contributed by atoms with E-state index in [-0.39, 0.29) is 12.5 Å². The maximum atomic E-state index is 12.1. The van der Waals surface area contributed by atoms with Crippen LogP contribution in [0.3, 0.4) is 0 Å². The Bertz CT molecular complexity index is 445. The number of carboxylic acid groups (broad SMARTS) is 1. The Kier molecular flexibility index (Phi) is 7.58. The van der Waals surface area contributed by atoms with Crippen molar-refractivity contribution >= 4 is 34.5 Å². The predicted molar refractivity (Wildman–Crippen MR) is 86.4 cm³/mol. The fourth-order valence-electron chi connectivity index (χ4n) is 1.89. The molecular weight excluding hydrogens is 369 g/mol. The number of carboxylic acids is 1. The Morgan fingerprint density at radius 3 is 2.40 bits per heavy atom. The minimum absolute atomic E-state index is 0.0839. The predicted octanol–water partition coefficient (Wildman–Crippen LogP) is 3.28. The molecule has 110 valence electrons. The van der Waals surface area contributed by atoms with E-state index in [1.54, 1.807) is 0 Å². The van der Waals surface area contributed by atoms with Gasteiger partial charge in [0.25, 0.3) is 0 Å². The van der Waals surface area contributed by atoms with Crippen LogP contribution < -0.4 is 0 Å². The zero-order chi connectivity index (χ0) is 15.0. The van der Waals surface area contributed by atoms with Crippen LogP contribution >= 0.6 is 22.6 Å². The van der Waals surface area contributed by atoms with Crippen LogP contribution in [0, 0.1) is 3.57 Å². The lowest BCUT2D eigenvalue weighted by Gasteiger charge is -2.21. The highest BCUT2D eigenvalue weighted by Crippen LogP contribution is 2.11. The third kappa shape index (κ3) is 6.36. The molecule has 0 bridgehead atoms. The van der Waals surface area contributed by atoms with Gasteiger partial charge in [-0.2, -0.15) is 0 Å². The van der Waals surface area contributed by atoms with E-state index < -0.39 is 5.97 Å². The van der Waals surface area contributed by atoms with Crippen molar-refractivity contribution in [2.24, 2.45) is 0 Å². The first-order valence-corrected chi connectivity index (χ1v) is 7.84. The first-order chi connectivity index (χ1) is 9.52. The summed E-state index contributed by atoms with van der Waals surface area (Å²) in [5.41, 5.74) is 0.954. The van der Waals surface area contributed by atoms with Gasteiger partial charge in [-0.15, -0.1) is 0 Å². The summed E-state index contributed by atoms with van der Waals surface area (Å²) in [5, 5.41) is 8.93. The van der Waals surface area contributed by atoms with E-state index in [2.05, 4.69) is 29.5 Å². The molecule has 0 aliphatic carbocycles. The molecule has 1 rings (SSSR count). The molecule has 0 unspecified atom stereocenters. The summed E-state index contributed by atoms with van der Waals surface area (Å²) >= 11 is 2.21. The SMILES string of the molecule is CCCCCC(=O)N(CC(=O)O)Cc1ccc(I)cc1. The summed E-state index contributed by atoms with van der Waals surface area (Å²) < 4.78 is 1.12. The number of halogens is 1. The highest BCUT2D eigenvalue weighted by atomic mass is 127. The molecule has 1 amide bonds. The van der Waals surface area contributed by atoms with Gasteiger partial charge in [0.1, 0.15) is 6.54 Å².